The summed E-state index contributed by atoms with van der Waals surface area (Å²) in [6, 6.07) is 10.4. The zero-order valence-corrected chi connectivity index (χ0v) is 19.2. The van der Waals surface area contributed by atoms with Crippen molar-refractivity contribution in [3.05, 3.63) is 56.7 Å². The van der Waals surface area contributed by atoms with Gasteiger partial charge < -0.3 is 16.0 Å². The summed E-state index contributed by atoms with van der Waals surface area (Å²) >= 11 is 0. The third-order valence-corrected chi connectivity index (χ3v) is 7.56. The normalized spacial score (nSPS) is 25.2. The van der Waals surface area contributed by atoms with E-state index in [4.69, 9.17) is 5.73 Å². The number of fused-ring (bicyclic) bond motifs is 1. The van der Waals surface area contributed by atoms with Crippen LogP contribution in [-0.2, 0) is 19.6 Å². The third-order valence-electron chi connectivity index (χ3n) is 7.56. The molecule has 0 amide bonds. The van der Waals surface area contributed by atoms with Crippen LogP contribution in [0.4, 0.5) is 11.5 Å². The van der Waals surface area contributed by atoms with Crippen LogP contribution < -0.4 is 27.2 Å². The molecule has 33 heavy (non-hydrogen) atoms. The van der Waals surface area contributed by atoms with E-state index in [1.54, 1.807) is 0 Å². The number of rotatable bonds is 7. The highest BCUT2D eigenvalue weighted by molar-refractivity contribution is 5.72. The van der Waals surface area contributed by atoms with Crippen LogP contribution in [-0.4, -0.2) is 39.5 Å². The quantitative estimate of drug-likeness (QED) is 0.671. The number of nitrogens with two attached hydrogens (primary N) is 1. The summed E-state index contributed by atoms with van der Waals surface area (Å²) in [6.07, 6.45) is 6.39. The van der Waals surface area contributed by atoms with Gasteiger partial charge >= 0.3 is 5.69 Å². The molecule has 3 heterocycles. The molecule has 6 rings (SSSR count). The first kappa shape index (κ1) is 21.0. The molecule has 2 atom stereocenters. The van der Waals surface area contributed by atoms with Gasteiger partial charge in [-0.15, -0.1) is 0 Å². The lowest BCUT2D eigenvalue weighted by Crippen LogP contribution is -2.56. The molecule has 2 unspecified atom stereocenters. The van der Waals surface area contributed by atoms with Crippen LogP contribution in [0.25, 0.3) is 0 Å². The Morgan fingerprint density at radius 3 is 2.30 bits per heavy atom. The lowest BCUT2D eigenvalue weighted by atomic mass is 10.1. The second-order valence-electron chi connectivity index (χ2n) is 10.4. The Balaban J connectivity index is 1.46. The van der Waals surface area contributed by atoms with Crippen molar-refractivity contribution in [3.8, 4) is 0 Å². The summed E-state index contributed by atoms with van der Waals surface area (Å²) in [4.78, 5) is 31.8. The molecule has 2 aliphatic carbocycles. The van der Waals surface area contributed by atoms with Crippen molar-refractivity contribution in [2.24, 2.45) is 17.6 Å². The van der Waals surface area contributed by atoms with E-state index < -0.39 is 0 Å². The van der Waals surface area contributed by atoms with Gasteiger partial charge in [-0.1, -0.05) is 30.3 Å². The van der Waals surface area contributed by atoms with E-state index in [1.807, 2.05) is 22.8 Å². The van der Waals surface area contributed by atoms with E-state index in [0.717, 1.165) is 57.2 Å². The molecule has 0 bridgehead atoms. The van der Waals surface area contributed by atoms with Gasteiger partial charge in [0.15, 0.2) is 6.29 Å². The maximum Gasteiger partial charge on any atom is 0.332 e. The number of hydrogen-bond acceptors (Lipinski definition) is 6. The molecule has 2 aromatic rings. The van der Waals surface area contributed by atoms with Crippen molar-refractivity contribution in [1.29, 1.82) is 0 Å². The lowest BCUT2D eigenvalue weighted by molar-refractivity contribution is 0.162. The van der Waals surface area contributed by atoms with Gasteiger partial charge in [0.05, 0.1) is 0 Å². The van der Waals surface area contributed by atoms with Gasteiger partial charge in [-0.25, -0.2) is 4.79 Å². The number of hydrogen-bond donors (Lipinski definition) is 2. The summed E-state index contributed by atoms with van der Waals surface area (Å²) < 4.78 is 3.38. The third kappa shape index (κ3) is 4.10. The highest BCUT2D eigenvalue weighted by Crippen LogP contribution is 2.38. The summed E-state index contributed by atoms with van der Waals surface area (Å²) in [5.74, 6) is 1.69. The molecular formula is C25H34N6O2. The standard InChI is InChI=1S/C25H34N6O2/c26-20-7-4-12-28(16-20)24-27-22-21(29(24)13-17-5-2-1-3-6-17)23(32)31(15-19-10-11-19)25(33)30(22)14-18-8-9-18/h1-3,5-6,18-20,24,27H,4,7-16,26H2. The minimum atomic E-state index is -0.180. The van der Waals surface area contributed by atoms with Crippen LogP contribution in [0.15, 0.2) is 39.9 Å². The molecule has 0 radical (unpaired) electrons. The molecule has 4 aliphatic rings. The topological polar surface area (TPSA) is 88.5 Å². The van der Waals surface area contributed by atoms with E-state index >= 15 is 0 Å². The molecule has 1 aromatic heterocycles. The molecule has 2 aliphatic heterocycles. The Labute approximate surface area is 194 Å². The molecule has 3 N–H and O–H groups in total. The van der Waals surface area contributed by atoms with Gasteiger partial charge in [0.1, 0.15) is 11.5 Å². The fraction of sp³-hybridized carbons (Fsp3) is 0.600. The largest absolute Gasteiger partial charge is 0.337 e. The molecular weight excluding hydrogens is 416 g/mol. The summed E-state index contributed by atoms with van der Waals surface area (Å²) in [6.45, 7) is 3.53. The Kier molecular flexibility index (Phi) is 5.30. The highest BCUT2D eigenvalue weighted by Gasteiger charge is 2.41. The van der Waals surface area contributed by atoms with Crippen molar-refractivity contribution in [3.63, 3.8) is 0 Å². The minimum Gasteiger partial charge on any atom is -0.337 e. The van der Waals surface area contributed by atoms with Crippen LogP contribution in [0.3, 0.4) is 0 Å². The van der Waals surface area contributed by atoms with Gasteiger partial charge in [0.25, 0.3) is 5.56 Å². The number of benzene rings is 1. The van der Waals surface area contributed by atoms with E-state index in [1.165, 1.54) is 4.57 Å². The maximum atomic E-state index is 13.8. The Morgan fingerprint density at radius 2 is 1.64 bits per heavy atom. The zero-order chi connectivity index (χ0) is 22.5. The lowest BCUT2D eigenvalue weighted by Gasteiger charge is -2.39. The van der Waals surface area contributed by atoms with Crippen molar-refractivity contribution < 1.29 is 0 Å². The SMILES string of the molecule is NC1CCCN(C2Nc3c(c(=O)n(CC4CC4)c(=O)n3CC3CC3)N2Cc2ccccc2)C1. The summed E-state index contributed by atoms with van der Waals surface area (Å²) in [7, 11) is 0. The van der Waals surface area contributed by atoms with E-state index in [9.17, 15) is 9.59 Å². The highest BCUT2D eigenvalue weighted by atomic mass is 16.2. The van der Waals surface area contributed by atoms with Gasteiger partial charge in [0, 0.05) is 38.8 Å². The predicted octanol–water partition coefficient (Wildman–Crippen LogP) is 1.97. The van der Waals surface area contributed by atoms with Crippen LogP contribution in [0.2, 0.25) is 0 Å². The van der Waals surface area contributed by atoms with Gasteiger partial charge in [-0.05, 0) is 55.9 Å². The molecule has 0 spiro atoms. The first-order valence-corrected chi connectivity index (χ1v) is 12.5. The second-order valence-corrected chi connectivity index (χ2v) is 10.4. The number of anilines is 2. The Morgan fingerprint density at radius 1 is 0.939 bits per heavy atom. The smallest absolute Gasteiger partial charge is 0.332 e. The van der Waals surface area contributed by atoms with Gasteiger partial charge in [0.2, 0.25) is 0 Å². The van der Waals surface area contributed by atoms with E-state index in [2.05, 4.69) is 27.2 Å². The summed E-state index contributed by atoms with van der Waals surface area (Å²) in [5, 5.41) is 3.62. The number of piperidine rings is 1. The molecule has 8 nitrogen and oxygen atoms in total. The Bertz CT molecular complexity index is 1130. The molecule has 1 aromatic carbocycles. The van der Waals surface area contributed by atoms with Crippen LogP contribution in [0.5, 0.6) is 0 Å². The van der Waals surface area contributed by atoms with Crippen LogP contribution in [0, 0.1) is 11.8 Å². The first-order chi connectivity index (χ1) is 16.1. The summed E-state index contributed by atoms with van der Waals surface area (Å²) in [5.41, 5.74) is 7.81. The number of aromatic nitrogens is 2. The zero-order valence-electron chi connectivity index (χ0n) is 19.2. The van der Waals surface area contributed by atoms with Crippen molar-refractivity contribution in [2.75, 3.05) is 23.3 Å². The monoisotopic (exact) mass is 450 g/mol. The van der Waals surface area contributed by atoms with Crippen molar-refractivity contribution in [2.45, 2.75) is 70.5 Å². The molecule has 176 valence electrons. The fourth-order valence-electron chi connectivity index (χ4n) is 5.36. The molecule has 8 heteroatoms. The van der Waals surface area contributed by atoms with Gasteiger partial charge in [-0.3, -0.25) is 18.8 Å². The first-order valence-electron chi connectivity index (χ1n) is 12.5. The molecule has 1 saturated heterocycles. The van der Waals surface area contributed by atoms with E-state index in [0.29, 0.717) is 43.0 Å². The van der Waals surface area contributed by atoms with Crippen molar-refractivity contribution >= 4 is 11.5 Å². The van der Waals surface area contributed by atoms with Crippen LogP contribution >= 0.6 is 0 Å². The Hall–Kier alpha value is -2.58. The predicted molar refractivity (Wildman–Crippen MR) is 129 cm³/mol. The number of nitrogens with zero attached hydrogens (tertiary/aromatic N) is 4. The number of likely N-dealkylation sites (tertiary alicyclic amines) is 1. The van der Waals surface area contributed by atoms with Crippen LogP contribution in [0.1, 0.15) is 44.1 Å². The maximum absolute atomic E-state index is 13.8. The number of nitrogens with one attached hydrogen (secondary N) is 1. The van der Waals surface area contributed by atoms with E-state index in [-0.39, 0.29) is 23.6 Å². The molecule has 3 fully saturated rings. The fourth-order valence-corrected chi connectivity index (χ4v) is 5.36. The average molecular weight is 451 g/mol. The molecule has 2 saturated carbocycles. The van der Waals surface area contributed by atoms with Gasteiger partial charge in [-0.2, -0.15) is 0 Å². The second kappa shape index (κ2) is 8.33. The van der Waals surface area contributed by atoms with Crippen molar-refractivity contribution in [1.82, 2.24) is 14.0 Å². The minimum absolute atomic E-state index is 0.128. The average Bonchev–Trinajstić information content (AvgIpc) is 3.74.